The number of benzene rings is 1. The van der Waals surface area contributed by atoms with Crippen molar-refractivity contribution in [3.63, 3.8) is 0 Å². The number of hydrogen-bond donors (Lipinski definition) is 2. The zero-order chi connectivity index (χ0) is 20.9. The molecule has 0 atom stereocenters. The highest BCUT2D eigenvalue weighted by molar-refractivity contribution is 7.89. The van der Waals surface area contributed by atoms with E-state index in [0.29, 0.717) is 25.3 Å². The Morgan fingerprint density at radius 2 is 1.90 bits per heavy atom. The third-order valence-corrected chi connectivity index (χ3v) is 7.09. The maximum atomic E-state index is 12.9. The van der Waals surface area contributed by atoms with Crippen LogP contribution >= 0.6 is 0 Å². The van der Waals surface area contributed by atoms with Crippen LogP contribution in [0.3, 0.4) is 0 Å². The summed E-state index contributed by atoms with van der Waals surface area (Å²) in [5, 5.41) is 5.60. The van der Waals surface area contributed by atoms with Gasteiger partial charge in [-0.25, -0.2) is 13.2 Å². The number of rotatable bonds is 8. The molecule has 1 aliphatic heterocycles. The van der Waals surface area contributed by atoms with Gasteiger partial charge >= 0.3 is 6.03 Å². The Labute approximate surface area is 171 Å². The molecule has 1 aromatic carbocycles. The van der Waals surface area contributed by atoms with Gasteiger partial charge in [0.2, 0.25) is 10.0 Å². The van der Waals surface area contributed by atoms with E-state index >= 15 is 0 Å². The molecule has 0 radical (unpaired) electrons. The lowest BCUT2D eigenvalue weighted by Gasteiger charge is -2.24. The van der Waals surface area contributed by atoms with Crippen molar-refractivity contribution in [2.75, 3.05) is 36.4 Å². The van der Waals surface area contributed by atoms with E-state index in [0.717, 1.165) is 37.2 Å². The lowest BCUT2D eigenvalue weighted by molar-refractivity contribution is 0.251. The molecule has 1 aliphatic rings. The van der Waals surface area contributed by atoms with Gasteiger partial charge in [0.25, 0.3) is 0 Å². The highest BCUT2D eigenvalue weighted by atomic mass is 32.2. The maximum absolute atomic E-state index is 12.9. The van der Waals surface area contributed by atoms with Crippen LogP contribution in [0, 0.1) is 0 Å². The number of nitrogens with one attached hydrogen (secondary N) is 2. The van der Waals surface area contributed by atoms with Gasteiger partial charge in [0.1, 0.15) is 0 Å². The van der Waals surface area contributed by atoms with Gasteiger partial charge in [-0.1, -0.05) is 13.8 Å². The molecule has 0 bridgehead atoms. The number of furan rings is 1. The summed E-state index contributed by atoms with van der Waals surface area (Å²) in [6.07, 6.45) is 5.26. The number of amides is 2. The van der Waals surface area contributed by atoms with Crippen LogP contribution in [0.15, 0.2) is 46.1 Å². The van der Waals surface area contributed by atoms with Gasteiger partial charge < -0.3 is 20.0 Å². The maximum Gasteiger partial charge on any atom is 0.319 e. The second-order valence-electron chi connectivity index (χ2n) is 6.90. The molecule has 0 spiro atoms. The molecule has 1 aromatic heterocycles. The highest BCUT2D eigenvalue weighted by Gasteiger charge is 2.25. The van der Waals surface area contributed by atoms with Crippen LogP contribution in [0.4, 0.5) is 16.2 Å². The zero-order valence-corrected chi connectivity index (χ0v) is 17.7. The van der Waals surface area contributed by atoms with Crippen molar-refractivity contribution in [1.29, 1.82) is 0 Å². The molecule has 0 unspecified atom stereocenters. The molecule has 9 heteroatoms. The average Bonchev–Trinajstić information content (AvgIpc) is 3.41. The van der Waals surface area contributed by atoms with Crippen molar-refractivity contribution in [2.45, 2.75) is 38.1 Å². The number of sulfonamides is 1. The summed E-state index contributed by atoms with van der Waals surface area (Å²) >= 11 is 0. The van der Waals surface area contributed by atoms with E-state index in [2.05, 4.69) is 15.5 Å². The molecule has 2 aromatic rings. The van der Waals surface area contributed by atoms with E-state index in [1.807, 2.05) is 13.8 Å². The normalized spacial score (nSPS) is 14.4. The standard InChI is InChI=1S/C20H28N4O4S/c1-3-24(4-2)29(26,27)17-7-8-19(23-10-5-6-11-23)18(13-17)22-20(25)21-14-16-9-12-28-15-16/h7-9,12-13,15H,3-6,10-11,14H2,1-2H3,(H2,21,22,25). The van der Waals surface area contributed by atoms with Crippen LogP contribution in [0.2, 0.25) is 0 Å². The molecule has 158 valence electrons. The van der Waals surface area contributed by atoms with Crippen molar-refractivity contribution in [3.8, 4) is 0 Å². The van der Waals surface area contributed by atoms with Crippen molar-refractivity contribution < 1.29 is 17.6 Å². The van der Waals surface area contributed by atoms with Gasteiger partial charge in [0, 0.05) is 38.3 Å². The SMILES string of the molecule is CCN(CC)S(=O)(=O)c1ccc(N2CCCC2)c(NC(=O)NCc2ccoc2)c1. The van der Waals surface area contributed by atoms with E-state index in [9.17, 15) is 13.2 Å². The van der Waals surface area contributed by atoms with Gasteiger partial charge in [0.15, 0.2) is 0 Å². The minimum atomic E-state index is -3.62. The third-order valence-electron chi connectivity index (χ3n) is 5.04. The molecular weight excluding hydrogens is 392 g/mol. The Morgan fingerprint density at radius 1 is 1.17 bits per heavy atom. The van der Waals surface area contributed by atoms with Crippen LogP contribution in [0.1, 0.15) is 32.3 Å². The van der Waals surface area contributed by atoms with Gasteiger partial charge in [-0.15, -0.1) is 0 Å². The fraction of sp³-hybridized carbons (Fsp3) is 0.450. The number of urea groups is 1. The van der Waals surface area contributed by atoms with Crippen LogP contribution in [-0.4, -0.2) is 44.9 Å². The Balaban J connectivity index is 1.85. The summed E-state index contributed by atoms with van der Waals surface area (Å²) < 4.78 is 32.2. The molecule has 0 saturated carbocycles. The van der Waals surface area contributed by atoms with Crippen molar-refractivity contribution in [1.82, 2.24) is 9.62 Å². The Morgan fingerprint density at radius 3 is 2.52 bits per heavy atom. The fourth-order valence-electron chi connectivity index (χ4n) is 3.46. The van der Waals surface area contributed by atoms with Gasteiger partial charge in [-0.05, 0) is 37.1 Å². The summed E-state index contributed by atoms with van der Waals surface area (Å²) in [7, 11) is -3.62. The predicted molar refractivity (Wildman–Crippen MR) is 113 cm³/mol. The quantitative estimate of drug-likeness (QED) is 0.684. The van der Waals surface area contributed by atoms with Gasteiger partial charge in [0.05, 0.1) is 28.8 Å². The molecule has 1 fully saturated rings. The van der Waals surface area contributed by atoms with Crippen LogP contribution in [0.25, 0.3) is 0 Å². The number of nitrogens with zero attached hydrogens (tertiary/aromatic N) is 2. The minimum Gasteiger partial charge on any atom is -0.472 e. The first-order valence-electron chi connectivity index (χ1n) is 9.90. The van der Waals surface area contributed by atoms with E-state index in [1.165, 1.54) is 4.31 Å². The van der Waals surface area contributed by atoms with E-state index in [1.54, 1.807) is 36.8 Å². The summed E-state index contributed by atoms with van der Waals surface area (Å²) in [5.74, 6) is 0. The van der Waals surface area contributed by atoms with Crippen molar-refractivity contribution in [2.24, 2.45) is 0 Å². The Hall–Kier alpha value is -2.52. The van der Waals surface area contributed by atoms with Crippen LogP contribution in [-0.2, 0) is 16.6 Å². The molecule has 29 heavy (non-hydrogen) atoms. The molecule has 2 N–H and O–H groups in total. The summed E-state index contributed by atoms with van der Waals surface area (Å²) in [6, 6.07) is 6.33. The van der Waals surface area contributed by atoms with E-state index in [4.69, 9.17) is 4.42 Å². The summed E-state index contributed by atoms with van der Waals surface area (Å²) in [4.78, 5) is 14.8. The lowest BCUT2D eigenvalue weighted by Crippen LogP contribution is -2.32. The first kappa shape index (κ1) is 21.2. The van der Waals surface area contributed by atoms with Crippen LogP contribution in [0.5, 0.6) is 0 Å². The van der Waals surface area contributed by atoms with E-state index < -0.39 is 16.1 Å². The number of hydrogen-bond acceptors (Lipinski definition) is 5. The van der Waals surface area contributed by atoms with Crippen LogP contribution < -0.4 is 15.5 Å². The lowest BCUT2D eigenvalue weighted by atomic mass is 10.2. The number of carbonyl (C=O) groups excluding carboxylic acids is 1. The fourth-order valence-corrected chi connectivity index (χ4v) is 4.95. The molecule has 2 heterocycles. The molecular formula is C20H28N4O4S. The average molecular weight is 421 g/mol. The smallest absolute Gasteiger partial charge is 0.319 e. The number of anilines is 2. The first-order valence-corrected chi connectivity index (χ1v) is 11.3. The summed E-state index contributed by atoms with van der Waals surface area (Å²) in [5.41, 5.74) is 2.17. The van der Waals surface area contributed by atoms with Gasteiger partial charge in [-0.2, -0.15) is 4.31 Å². The van der Waals surface area contributed by atoms with Crippen molar-refractivity contribution >= 4 is 27.4 Å². The topological polar surface area (TPSA) is 94.9 Å². The molecule has 2 amide bonds. The van der Waals surface area contributed by atoms with Crippen molar-refractivity contribution in [3.05, 3.63) is 42.4 Å². The Bertz CT molecular complexity index is 918. The third kappa shape index (κ3) is 4.91. The van der Waals surface area contributed by atoms with Gasteiger partial charge in [-0.3, -0.25) is 0 Å². The predicted octanol–water partition coefficient (Wildman–Crippen LogP) is 3.23. The number of carbonyl (C=O) groups is 1. The Kier molecular flexibility index (Phi) is 6.81. The zero-order valence-electron chi connectivity index (χ0n) is 16.8. The first-order chi connectivity index (χ1) is 14.0. The largest absolute Gasteiger partial charge is 0.472 e. The highest BCUT2D eigenvalue weighted by Crippen LogP contribution is 2.32. The molecule has 8 nitrogen and oxygen atoms in total. The molecule has 3 rings (SSSR count). The minimum absolute atomic E-state index is 0.175. The second kappa shape index (κ2) is 9.32. The molecule has 0 aliphatic carbocycles. The second-order valence-corrected chi connectivity index (χ2v) is 8.84. The molecule has 1 saturated heterocycles. The summed E-state index contributed by atoms with van der Waals surface area (Å²) in [6.45, 7) is 6.48. The monoisotopic (exact) mass is 420 g/mol. The van der Waals surface area contributed by atoms with E-state index in [-0.39, 0.29) is 4.90 Å².